The molecule has 0 saturated heterocycles. The summed E-state index contributed by atoms with van der Waals surface area (Å²) >= 11 is 0. The number of hydrogen-bond donors (Lipinski definition) is 1. The molecule has 16 heavy (non-hydrogen) atoms. The molecule has 2 aromatic rings. The molecule has 2 aromatic heterocycles. The first-order valence-electron chi connectivity index (χ1n) is 5.36. The van der Waals surface area contributed by atoms with Crippen molar-refractivity contribution in [3.8, 4) is 11.1 Å². The molecule has 2 aliphatic carbocycles. The Hall–Kier alpha value is -1.97. The van der Waals surface area contributed by atoms with E-state index in [1.165, 1.54) is 11.9 Å². The Morgan fingerprint density at radius 3 is 3.06 bits per heavy atom. The van der Waals surface area contributed by atoms with Gasteiger partial charge in [0.15, 0.2) is 0 Å². The molecule has 1 N–H and O–H groups in total. The van der Waals surface area contributed by atoms with Crippen molar-refractivity contribution in [2.24, 2.45) is 0 Å². The molecule has 2 aliphatic rings. The molecule has 4 heteroatoms. The van der Waals surface area contributed by atoms with Gasteiger partial charge in [-0.2, -0.15) is 0 Å². The summed E-state index contributed by atoms with van der Waals surface area (Å²) in [5.74, 6) is 0. The fraction of sp³-hybridized carbons (Fsp3) is 0.250. The molecule has 4 nitrogen and oxygen atoms in total. The highest BCUT2D eigenvalue weighted by molar-refractivity contribution is 5.79. The van der Waals surface area contributed by atoms with Crippen LogP contribution >= 0.6 is 0 Å². The summed E-state index contributed by atoms with van der Waals surface area (Å²) < 4.78 is 0. The van der Waals surface area contributed by atoms with Crippen molar-refractivity contribution in [1.29, 1.82) is 0 Å². The predicted octanol–water partition coefficient (Wildman–Crippen LogP) is 1.23. The number of nitrogens with zero attached hydrogens (tertiary/aromatic N) is 2. The summed E-state index contributed by atoms with van der Waals surface area (Å²) in [5.41, 5.74) is 3.84. The highest BCUT2D eigenvalue weighted by Crippen LogP contribution is 2.60. The average Bonchev–Trinajstić information content (AvgIpc) is 3.04. The minimum atomic E-state index is -0.0405. The number of rotatable bonds is 0. The topological polar surface area (TPSA) is 58.6 Å². The maximum atomic E-state index is 11.9. The number of H-pyrrole nitrogens is 1. The average molecular weight is 211 g/mol. The summed E-state index contributed by atoms with van der Waals surface area (Å²) in [6.07, 6.45) is 7.27. The van der Waals surface area contributed by atoms with Gasteiger partial charge in [-0.15, -0.1) is 0 Å². The fourth-order valence-corrected chi connectivity index (χ4v) is 2.76. The van der Waals surface area contributed by atoms with E-state index in [1.807, 2.05) is 12.3 Å². The van der Waals surface area contributed by atoms with Crippen molar-refractivity contribution in [2.45, 2.75) is 18.3 Å². The summed E-state index contributed by atoms with van der Waals surface area (Å²) in [7, 11) is 0. The van der Waals surface area contributed by atoms with Gasteiger partial charge in [-0.1, -0.05) is 0 Å². The van der Waals surface area contributed by atoms with Crippen LogP contribution in [0.3, 0.4) is 0 Å². The summed E-state index contributed by atoms with van der Waals surface area (Å²) in [4.78, 5) is 23.1. The van der Waals surface area contributed by atoms with Crippen molar-refractivity contribution in [2.75, 3.05) is 0 Å². The highest BCUT2D eigenvalue weighted by Gasteiger charge is 2.54. The highest BCUT2D eigenvalue weighted by atomic mass is 16.1. The van der Waals surface area contributed by atoms with E-state index < -0.39 is 0 Å². The summed E-state index contributed by atoms with van der Waals surface area (Å²) in [5, 5.41) is 0. The Morgan fingerprint density at radius 1 is 1.38 bits per heavy atom. The van der Waals surface area contributed by atoms with E-state index in [4.69, 9.17) is 0 Å². The van der Waals surface area contributed by atoms with Gasteiger partial charge in [0.2, 0.25) is 0 Å². The van der Waals surface area contributed by atoms with Gasteiger partial charge >= 0.3 is 0 Å². The number of aromatic nitrogens is 3. The van der Waals surface area contributed by atoms with Gasteiger partial charge in [0.05, 0.1) is 17.6 Å². The van der Waals surface area contributed by atoms with E-state index in [0.717, 1.165) is 29.7 Å². The lowest BCUT2D eigenvalue weighted by Gasteiger charge is -2.07. The quantitative estimate of drug-likeness (QED) is 0.712. The lowest BCUT2D eigenvalue weighted by molar-refractivity contribution is 0.818. The third-order valence-electron chi connectivity index (χ3n) is 3.66. The first-order chi connectivity index (χ1) is 7.83. The Morgan fingerprint density at radius 2 is 2.25 bits per heavy atom. The fourth-order valence-electron chi connectivity index (χ4n) is 2.76. The van der Waals surface area contributed by atoms with E-state index >= 15 is 0 Å². The molecule has 0 unspecified atom stereocenters. The molecule has 0 atom stereocenters. The van der Waals surface area contributed by atoms with E-state index in [9.17, 15) is 4.79 Å². The molecule has 0 aliphatic heterocycles. The second kappa shape index (κ2) is 2.40. The zero-order chi connectivity index (χ0) is 10.8. The molecule has 0 bridgehead atoms. The Bertz CT molecular complexity index is 655. The lowest BCUT2D eigenvalue weighted by Crippen LogP contribution is -2.13. The van der Waals surface area contributed by atoms with Gasteiger partial charge < -0.3 is 4.98 Å². The van der Waals surface area contributed by atoms with Crippen LogP contribution in [0.1, 0.15) is 24.1 Å². The standard InChI is InChI=1S/C12H9N3O/c16-11-9-7-1-4-13-5-8(7)12(2-3-12)10(9)14-6-15-11/h1,4-6H,2-3H2,(H,14,15,16). The van der Waals surface area contributed by atoms with Gasteiger partial charge in [0.25, 0.3) is 5.56 Å². The monoisotopic (exact) mass is 211 g/mol. The van der Waals surface area contributed by atoms with Gasteiger partial charge in [-0.05, 0) is 30.0 Å². The van der Waals surface area contributed by atoms with E-state index in [-0.39, 0.29) is 11.0 Å². The number of fused-ring (bicyclic) bond motifs is 5. The van der Waals surface area contributed by atoms with Gasteiger partial charge in [0, 0.05) is 17.8 Å². The zero-order valence-corrected chi connectivity index (χ0v) is 8.53. The first kappa shape index (κ1) is 8.21. The first-order valence-corrected chi connectivity index (χ1v) is 5.36. The predicted molar refractivity (Wildman–Crippen MR) is 58.1 cm³/mol. The van der Waals surface area contributed by atoms with E-state index in [2.05, 4.69) is 15.0 Å². The van der Waals surface area contributed by atoms with Crippen LogP contribution in [0.2, 0.25) is 0 Å². The molecule has 1 saturated carbocycles. The molecule has 0 amide bonds. The molecule has 1 spiro atoms. The minimum absolute atomic E-state index is 0.00713. The zero-order valence-electron chi connectivity index (χ0n) is 8.53. The van der Waals surface area contributed by atoms with Crippen molar-refractivity contribution in [1.82, 2.24) is 15.0 Å². The van der Waals surface area contributed by atoms with E-state index in [1.54, 1.807) is 6.20 Å². The molecule has 0 radical (unpaired) electrons. The Labute approximate surface area is 91.4 Å². The van der Waals surface area contributed by atoms with E-state index in [0.29, 0.717) is 0 Å². The van der Waals surface area contributed by atoms with Crippen molar-refractivity contribution < 1.29 is 0 Å². The Kier molecular flexibility index (Phi) is 1.23. The van der Waals surface area contributed by atoms with Crippen molar-refractivity contribution >= 4 is 0 Å². The summed E-state index contributed by atoms with van der Waals surface area (Å²) in [6, 6.07) is 1.91. The van der Waals surface area contributed by atoms with Gasteiger partial charge in [-0.3, -0.25) is 9.78 Å². The molecule has 4 rings (SSSR count). The second-order valence-electron chi connectivity index (χ2n) is 4.46. The molecule has 2 heterocycles. The molecular weight excluding hydrogens is 202 g/mol. The van der Waals surface area contributed by atoms with Crippen LogP contribution in [-0.4, -0.2) is 15.0 Å². The lowest BCUT2D eigenvalue weighted by atomic mass is 9.99. The van der Waals surface area contributed by atoms with Crippen LogP contribution in [0, 0.1) is 0 Å². The van der Waals surface area contributed by atoms with Crippen LogP contribution in [0.5, 0.6) is 0 Å². The summed E-state index contributed by atoms with van der Waals surface area (Å²) in [6.45, 7) is 0. The number of pyridine rings is 1. The van der Waals surface area contributed by atoms with Crippen molar-refractivity contribution in [3.63, 3.8) is 0 Å². The third-order valence-corrected chi connectivity index (χ3v) is 3.66. The third kappa shape index (κ3) is 0.755. The Balaban J connectivity index is 2.21. The largest absolute Gasteiger partial charge is 0.313 e. The maximum Gasteiger partial charge on any atom is 0.258 e. The van der Waals surface area contributed by atoms with Gasteiger partial charge in [-0.25, -0.2) is 4.98 Å². The number of hydrogen-bond acceptors (Lipinski definition) is 3. The smallest absolute Gasteiger partial charge is 0.258 e. The van der Waals surface area contributed by atoms with Crippen molar-refractivity contribution in [3.05, 3.63) is 46.4 Å². The molecule has 1 fully saturated rings. The molecule has 0 aromatic carbocycles. The van der Waals surface area contributed by atoms with Crippen LogP contribution < -0.4 is 5.56 Å². The number of nitrogens with one attached hydrogen (secondary N) is 1. The van der Waals surface area contributed by atoms with Crippen LogP contribution in [0.25, 0.3) is 11.1 Å². The minimum Gasteiger partial charge on any atom is -0.313 e. The number of aromatic amines is 1. The SMILES string of the molecule is O=c1[nH]cnc2c1-c1ccncc1C21CC1. The van der Waals surface area contributed by atoms with Crippen LogP contribution in [0.15, 0.2) is 29.6 Å². The normalized spacial score (nSPS) is 18.2. The second-order valence-corrected chi connectivity index (χ2v) is 4.46. The maximum absolute atomic E-state index is 11.9. The van der Waals surface area contributed by atoms with Crippen LogP contribution in [0.4, 0.5) is 0 Å². The van der Waals surface area contributed by atoms with Crippen LogP contribution in [-0.2, 0) is 5.41 Å². The molecule has 78 valence electrons. The molecular formula is C12H9N3O. The van der Waals surface area contributed by atoms with Gasteiger partial charge in [0.1, 0.15) is 0 Å².